The zero-order valence-corrected chi connectivity index (χ0v) is 12.0. The number of nitrogen functional groups attached to an aromatic ring is 1. The van der Waals surface area contributed by atoms with Crippen molar-refractivity contribution in [2.24, 2.45) is 0 Å². The second-order valence-electron chi connectivity index (χ2n) is 4.19. The molecule has 0 aliphatic carbocycles. The third-order valence-electron chi connectivity index (χ3n) is 2.83. The Bertz CT molecular complexity index is 809. The predicted molar refractivity (Wildman–Crippen MR) is 78.1 cm³/mol. The van der Waals surface area contributed by atoms with E-state index in [-0.39, 0.29) is 11.6 Å². The highest BCUT2D eigenvalue weighted by Gasteiger charge is 2.14. The lowest BCUT2D eigenvalue weighted by Crippen LogP contribution is -2.02. The Hall–Kier alpha value is -1.77. The van der Waals surface area contributed by atoms with E-state index < -0.39 is 17.5 Å². The monoisotopic (exact) mass is 389 g/mol. The van der Waals surface area contributed by atoms with Gasteiger partial charge in [-0.3, -0.25) is 4.57 Å². The van der Waals surface area contributed by atoms with Crippen LogP contribution in [0.4, 0.5) is 19.1 Å². The van der Waals surface area contributed by atoms with Crippen molar-refractivity contribution in [3.63, 3.8) is 0 Å². The molecule has 0 radical (unpaired) electrons. The number of rotatable bonds is 1. The van der Waals surface area contributed by atoms with Gasteiger partial charge in [-0.25, -0.2) is 18.2 Å². The lowest BCUT2D eigenvalue weighted by atomic mass is 10.2. The van der Waals surface area contributed by atoms with Gasteiger partial charge in [-0.05, 0) is 40.8 Å². The molecular formula is C13H7F3IN3. The van der Waals surface area contributed by atoms with E-state index in [2.05, 4.69) is 4.98 Å². The van der Waals surface area contributed by atoms with Gasteiger partial charge in [0.05, 0.1) is 20.3 Å². The smallest absolute Gasteiger partial charge is 0.205 e. The van der Waals surface area contributed by atoms with Crippen LogP contribution in [-0.2, 0) is 0 Å². The largest absolute Gasteiger partial charge is 0.369 e. The number of hydrogen-bond donors (Lipinski definition) is 1. The molecule has 0 spiro atoms. The summed E-state index contributed by atoms with van der Waals surface area (Å²) in [6.45, 7) is 0. The molecule has 3 aromatic rings. The first kappa shape index (κ1) is 13.2. The Morgan fingerprint density at radius 2 is 1.65 bits per heavy atom. The van der Waals surface area contributed by atoms with Crippen molar-refractivity contribution in [3.8, 4) is 5.69 Å². The van der Waals surface area contributed by atoms with Gasteiger partial charge < -0.3 is 5.73 Å². The van der Waals surface area contributed by atoms with E-state index in [0.717, 1.165) is 18.2 Å². The van der Waals surface area contributed by atoms with Gasteiger partial charge >= 0.3 is 0 Å². The van der Waals surface area contributed by atoms with Crippen LogP contribution in [0.1, 0.15) is 0 Å². The predicted octanol–water partition coefficient (Wildman–Crippen LogP) is 3.63. The number of benzene rings is 2. The van der Waals surface area contributed by atoms with Gasteiger partial charge in [0, 0.05) is 12.1 Å². The third kappa shape index (κ3) is 2.11. The Balaban J connectivity index is 2.35. The summed E-state index contributed by atoms with van der Waals surface area (Å²) in [5.74, 6) is -1.90. The van der Waals surface area contributed by atoms with E-state index in [9.17, 15) is 13.2 Å². The third-order valence-corrected chi connectivity index (χ3v) is 3.65. The van der Waals surface area contributed by atoms with Gasteiger partial charge in [0.15, 0.2) is 0 Å². The minimum atomic E-state index is -0.743. The summed E-state index contributed by atoms with van der Waals surface area (Å²) in [4.78, 5) is 4.08. The number of anilines is 1. The molecule has 0 fully saturated rings. The topological polar surface area (TPSA) is 43.8 Å². The average Bonchev–Trinajstić information content (AvgIpc) is 2.64. The van der Waals surface area contributed by atoms with Crippen LogP contribution in [0.2, 0.25) is 0 Å². The molecule has 3 rings (SSSR count). The summed E-state index contributed by atoms with van der Waals surface area (Å²) >= 11 is 1.83. The van der Waals surface area contributed by atoms with Crippen LogP contribution < -0.4 is 5.73 Å². The number of aromatic nitrogens is 2. The molecule has 7 heteroatoms. The second kappa shape index (κ2) is 4.65. The van der Waals surface area contributed by atoms with E-state index in [0.29, 0.717) is 14.6 Å². The Kier molecular flexibility index (Phi) is 3.08. The highest BCUT2D eigenvalue weighted by atomic mass is 127. The Morgan fingerprint density at radius 3 is 2.30 bits per heavy atom. The van der Waals surface area contributed by atoms with E-state index in [4.69, 9.17) is 5.73 Å². The minimum absolute atomic E-state index is 0.0337. The van der Waals surface area contributed by atoms with Crippen LogP contribution in [0, 0.1) is 21.0 Å². The summed E-state index contributed by atoms with van der Waals surface area (Å²) in [7, 11) is 0. The average molecular weight is 389 g/mol. The molecule has 0 bridgehead atoms. The number of hydrogen-bond acceptors (Lipinski definition) is 2. The zero-order valence-electron chi connectivity index (χ0n) is 9.87. The molecule has 1 aromatic heterocycles. The highest BCUT2D eigenvalue weighted by molar-refractivity contribution is 14.1. The molecular weight excluding hydrogens is 382 g/mol. The van der Waals surface area contributed by atoms with E-state index in [1.165, 1.54) is 16.7 Å². The van der Waals surface area contributed by atoms with Crippen molar-refractivity contribution in [2.75, 3.05) is 5.73 Å². The molecule has 102 valence electrons. The maximum atomic E-state index is 13.7. The lowest BCUT2D eigenvalue weighted by molar-refractivity contribution is 0.582. The van der Waals surface area contributed by atoms with Crippen LogP contribution in [0.25, 0.3) is 16.7 Å². The van der Waals surface area contributed by atoms with Gasteiger partial charge in [-0.15, -0.1) is 0 Å². The maximum Gasteiger partial charge on any atom is 0.205 e. The van der Waals surface area contributed by atoms with Crippen LogP contribution in [0.15, 0.2) is 30.3 Å². The number of fused-ring (bicyclic) bond motifs is 1. The Labute approximate surface area is 125 Å². The molecule has 0 saturated heterocycles. The van der Waals surface area contributed by atoms with E-state index in [1.807, 2.05) is 22.6 Å². The molecule has 0 saturated carbocycles. The van der Waals surface area contributed by atoms with E-state index in [1.54, 1.807) is 0 Å². The van der Waals surface area contributed by atoms with Gasteiger partial charge in [0.1, 0.15) is 17.5 Å². The standard InChI is InChI=1S/C13H7F3IN3/c14-6-1-7(15)3-8(2-6)20-12-4-9(16)10(17)5-11(12)19-13(20)18/h1-5H,(H2,18,19). The molecule has 3 nitrogen and oxygen atoms in total. The summed E-state index contributed by atoms with van der Waals surface area (Å²) < 4.78 is 42.0. The van der Waals surface area contributed by atoms with Crippen LogP contribution in [0.5, 0.6) is 0 Å². The number of nitrogens with zero attached hydrogens (tertiary/aromatic N) is 2. The molecule has 20 heavy (non-hydrogen) atoms. The fraction of sp³-hybridized carbons (Fsp3) is 0. The first-order chi connectivity index (χ1) is 9.45. The molecule has 1 heterocycles. The summed E-state index contributed by atoms with van der Waals surface area (Å²) in [6.07, 6.45) is 0. The number of nitrogens with two attached hydrogens (primary N) is 1. The van der Waals surface area contributed by atoms with Crippen molar-refractivity contribution in [1.82, 2.24) is 9.55 Å². The fourth-order valence-electron chi connectivity index (χ4n) is 2.03. The van der Waals surface area contributed by atoms with Gasteiger partial charge in [-0.1, -0.05) is 0 Å². The van der Waals surface area contributed by atoms with Gasteiger partial charge in [0.2, 0.25) is 5.95 Å². The van der Waals surface area contributed by atoms with Crippen LogP contribution in [-0.4, -0.2) is 9.55 Å². The van der Waals surface area contributed by atoms with Gasteiger partial charge in [-0.2, -0.15) is 0 Å². The maximum absolute atomic E-state index is 13.7. The fourth-order valence-corrected chi connectivity index (χ4v) is 2.48. The van der Waals surface area contributed by atoms with Crippen LogP contribution >= 0.6 is 22.6 Å². The lowest BCUT2D eigenvalue weighted by Gasteiger charge is -2.07. The highest BCUT2D eigenvalue weighted by Crippen LogP contribution is 2.27. The quantitative estimate of drug-likeness (QED) is 0.647. The molecule has 0 amide bonds. The summed E-state index contributed by atoms with van der Waals surface area (Å²) in [5, 5.41) is 0. The van der Waals surface area contributed by atoms with Crippen LogP contribution in [0.3, 0.4) is 0 Å². The normalized spacial score (nSPS) is 11.2. The van der Waals surface area contributed by atoms with Crippen molar-refractivity contribution in [2.45, 2.75) is 0 Å². The molecule has 0 aliphatic rings. The molecule has 2 N–H and O–H groups in total. The molecule has 2 aromatic carbocycles. The first-order valence-electron chi connectivity index (χ1n) is 5.55. The first-order valence-corrected chi connectivity index (χ1v) is 6.63. The molecule has 0 unspecified atom stereocenters. The SMILES string of the molecule is Nc1nc2cc(I)c(F)cc2n1-c1cc(F)cc(F)c1. The van der Waals surface area contributed by atoms with Crippen molar-refractivity contribution in [3.05, 3.63) is 51.4 Å². The number of imidazole rings is 1. The number of halogens is 4. The molecule has 0 aliphatic heterocycles. The van der Waals surface area contributed by atoms with Crippen molar-refractivity contribution < 1.29 is 13.2 Å². The van der Waals surface area contributed by atoms with Crippen molar-refractivity contribution >= 4 is 39.6 Å². The second-order valence-corrected chi connectivity index (χ2v) is 5.35. The summed E-state index contributed by atoms with van der Waals surface area (Å²) in [5.41, 5.74) is 6.73. The Morgan fingerprint density at radius 1 is 1.00 bits per heavy atom. The van der Waals surface area contributed by atoms with Gasteiger partial charge in [0.25, 0.3) is 0 Å². The zero-order chi connectivity index (χ0) is 14.4. The minimum Gasteiger partial charge on any atom is -0.369 e. The summed E-state index contributed by atoms with van der Waals surface area (Å²) in [6, 6.07) is 5.73. The van der Waals surface area contributed by atoms with E-state index >= 15 is 0 Å². The van der Waals surface area contributed by atoms with Crippen molar-refractivity contribution in [1.29, 1.82) is 0 Å². The molecule has 0 atom stereocenters.